The monoisotopic (exact) mass is 455 g/mol. The largest absolute Gasteiger partial charge is 0.378 e. The third kappa shape index (κ3) is 11.5. The lowest BCUT2D eigenvalue weighted by atomic mass is 9.98. The van der Waals surface area contributed by atoms with Crippen molar-refractivity contribution in [2.45, 2.75) is 76.9 Å². The second-order valence-electron chi connectivity index (χ2n) is 7.01. The highest BCUT2D eigenvalue weighted by Crippen LogP contribution is 2.20. The Balaban J connectivity index is 0.00000529. The van der Waals surface area contributed by atoms with Crippen LogP contribution in [0, 0.1) is 0 Å². The van der Waals surface area contributed by atoms with Gasteiger partial charge in [0.25, 0.3) is 0 Å². The molecule has 0 saturated heterocycles. The summed E-state index contributed by atoms with van der Waals surface area (Å²) in [5.41, 5.74) is -0.186. The molecule has 24 heavy (non-hydrogen) atoms. The maximum absolute atomic E-state index is 5.95. The summed E-state index contributed by atoms with van der Waals surface area (Å²) in [5, 5.41) is 6.64. The first kappa shape index (κ1) is 23.9. The molecule has 0 aromatic heterocycles. The van der Waals surface area contributed by atoms with Crippen LogP contribution in [0.15, 0.2) is 4.99 Å². The summed E-state index contributed by atoms with van der Waals surface area (Å²) in [7, 11) is 3.53. The molecule has 2 N–H and O–H groups in total. The Hall–Kier alpha value is -0.0800. The van der Waals surface area contributed by atoms with Crippen LogP contribution in [-0.4, -0.2) is 51.5 Å². The van der Waals surface area contributed by atoms with Crippen molar-refractivity contribution in [3.63, 3.8) is 0 Å². The van der Waals surface area contributed by atoms with Gasteiger partial charge in [-0.15, -0.1) is 24.0 Å². The maximum atomic E-state index is 5.95. The number of rotatable bonds is 10. The van der Waals surface area contributed by atoms with E-state index in [9.17, 15) is 0 Å². The van der Waals surface area contributed by atoms with Crippen LogP contribution in [0.1, 0.15) is 65.2 Å². The van der Waals surface area contributed by atoms with Crippen molar-refractivity contribution >= 4 is 29.9 Å². The molecule has 1 fully saturated rings. The van der Waals surface area contributed by atoms with Crippen molar-refractivity contribution in [3.8, 4) is 0 Å². The molecule has 0 aromatic carbocycles. The van der Waals surface area contributed by atoms with Crippen molar-refractivity contribution in [2.24, 2.45) is 4.99 Å². The highest BCUT2D eigenvalue weighted by Gasteiger charge is 2.16. The second kappa shape index (κ2) is 14.1. The lowest BCUT2D eigenvalue weighted by Crippen LogP contribution is -2.45. The quantitative estimate of drug-likeness (QED) is 0.228. The van der Waals surface area contributed by atoms with E-state index >= 15 is 0 Å². The molecule has 0 aromatic rings. The van der Waals surface area contributed by atoms with Crippen molar-refractivity contribution in [1.82, 2.24) is 10.6 Å². The zero-order chi connectivity index (χ0) is 17.0. The number of nitrogens with zero attached hydrogens (tertiary/aromatic N) is 1. The zero-order valence-electron chi connectivity index (χ0n) is 16.0. The summed E-state index contributed by atoms with van der Waals surface area (Å²) >= 11 is 0. The molecule has 0 unspecified atom stereocenters. The number of ether oxygens (including phenoxy) is 2. The van der Waals surface area contributed by atoms with E-state index in [1.54, 1.807) is 14.2 Å². The number of hydrogen-bond acceptors (Lipinski definition) is 3. The van der Waals surface area contributed by atoms with Gasteiger partial charge in [0, 0.05) is 33.9 Å². The molecule has 0 radical (unpaired) electrons. The van der Waals surface area contributed by atoms with Gasteiger partial charge in [0.15, 0.2) is 5.96 Å². The summed E-state index contributed by atoms with van der Waals surface area (Å²) in [6.45, 7) is 6.70. The molecule has 0 atom stereocenters. The Bertz CT molecular complexity index is 332. The summed E-state index contributed by atoms with van der Waals surface area (Å²) in [6.07, 6.45) is 10.6. The number of hydrogen-bond donors (Lipinski definition) is 2. The molecule has 0 amide bonds. The Morgan fingerprint density at radius 3 is 2.42 bits per heavy atom. The van der Waals surface area contributed by atoms with Gasteiger partial charge in [-0.05, 0) is 46.0 Å². The molecular formula is C18H38IN3O2. The van der Waals surface area contributed by atoms with Gasteiger partial charge in [-0.25, -0.2) is 0 Å². The second-order valence-corrected chi connectivity index (χ2v) is 7.01. The predicted octanol–water partition coefficient (Wildman–Crippen LogP) is 3.71. The number of guanidine groups is 1. The molecule has 0 bridgehead atoms. The normalized spacial score (nSPS) is 16.6. The molecule has 6 heteroatoms. The number of aliphatic imine (C=N–C) groups is 1. The number of halogens is 1. The van der Waals surface area contributed by atoms with Crippen LogP contribution >= 0.6 is 24.0 Å². The Labute approximate surface area is 165 Å². The van der Waals surface area contributed by atoms with Gasteiger partial charge >= 0.3 is 0 Å². The third-order valence-corrected chi connectivity index (χ3v) is 4.48. The Morgan fingerprint density at radius 1 is 1.08 bits per heavy atom. The van der Waals surface area contributed by atoms with Gasteiger partial charge in [-0.3, -0.25) is 4.99 Å². The Kier molecular flexibility index (Phi) is 14.1. The average Bonchev–Trinajstić information content (AvgIpc) is 2.57. The van der Waals surface area contributed by atoms with Crippen LogP contribution in [-0.2, 0) is 9.47 Å². The molecule has 0 aliphatic heterocycles. The van der Waals surface area contributed by atoms with Gasteiger partial charge in [-0.1, -0.05) is 19.3 Å². The standard InChI is InChI=1S/C18H37N3O2.HI/c1-18(2,22-4)15-21-17(19-3)20-13-9-6-10-14-23-16-11-7-5-8-12-16;/h16H,5-15H2,1-4H3,(H2,19,20,21);1H. The fourth-order valence-corrected chi connectivity index (χ4v) is 2.68. The molecule has 1 aliphatic carbocycles. The van der Waals surface area contributed by atoms with Gasteiger partial charge < -0.3 is 20.1 Å². The lowest BCUT2D eigenvalue weighted by molar-refractivity contribution is 0.0261. The van der Waals surface area contributed by atoms with Crippen LogP contribution < -0.4 is 10.6 Å². The topological polar surface area (TPSA) is 54.9 Å². The number of unbranched alkanes of at least 4 members (excludes halogenated alkanes) is 2. The lowest BCUT2D eigenvalue weighted by Gasteiger charge is -2.24. The summed E-state index contributed by atoms with van der Waals surface area (Å²) in [5.74, 6) is 0.841. The van der Waals surface area contributed by atoms with Crippen molar-refractivity contribution < 1.29 is 9.47 Å². The molecule has 5 nitrogen and oxygen atoms in total. The summed E-state index contributed by atoms with van der Waals surface area (Å²) in [4.78, 5) is 4.23. The molecule has 144 valence electrons. The first-order valence-corrected chi connectivity index (χ1v) is 9.18. The van der Waals surface area contributed by atoms with Crippen molar-refractivity contribution in [1.29, 1.82) is 0 Å². The molecule has 0 heterocycles. The predicted molar refractivity (Wildman–Crippen MR) is 113 cm³/mol. The summed E-state index contributed by atoms with van der Waals surface area (Å²) < 4.78 is 11.3. The van der Waals surface area contributed by atoms with E-state index in [0.717, 1.165) is 38.5 Å². The number of nitrogens with one attached hydrogen (secondary N) is 2. The molecule has 0 spiro atoms. The third-order valence-electron chi connectivity index (χ3n) is 4.48. The first-order valence-electron chi connectivity index (χ1n) is 9.18. The maximum Gasteiger partial charge on any atom is 0.191 e. The van der Waals surface area contributed by atoms with E-state index in [-0.39, 0.29) is 29.6 Å². The first-order chi connectivity index (χ1) is 11.1. The average molecular weight is 455 g/mol. The van der Waals surface area contributed by atoms with Crippen LogP contribution in [0.25, 0.3) is 0 Å². The molecule has 1 rings (SSSR count). The number of methoxy groups -OCH3 is 1. The van der Waals surface area contributed by atoms with Crippen LogP contribution in [0.2, 0.25) is 0 Å². The van der Waals surface area contributed by atoms with E-state index in [1.165, 1.54) is 38.5 Å². The Morgan fingerprint density at radius 2 is 1.79 bits per heavy atom. The van der Waals surface area contributed by atoms with Crippen LogP contribution in [0.5, 0.6) is 0 Å². The van der Waals surface area contributed by atoms with Gasteiger partial charge in [0.2, 0.25) is 0 Å². The summed E-state index contributed by atoms with van der Waals surface area (Å²) in [6, 6.07) is 0. The molecule has 1 saturated carbocycles. The fourth-order valence-electron chi connectivity index (χ4n) is 2.68. The van der Waals surface area contributed by atoms with Gasteiger partial charge in [0.05, 0.1) is 11.7 Å². The van der Waals surface area contributed by atoms with Gasteiger partial charge in [-0.2, -0.15) is 0 Å². The van der Waals surface area contributed by atoms with E-state index in [1.807, 2.05) is 0 Å². The van der Waals surface area contributed by atoms with Crippen LogP contribution in [0.4, 0.5) is 0 Å². The highest BCUT2D eigenvalue weighted by atomic mass is 127. The molecular weight excluding hydrogens is 417 g/mol. The van der Waals surface area contributed by atoms with Gasteiger partial charge in [0.1, 0.15) is 0 Å². The zero-order valence-corrected chi connectivity index (χ0v) is 18.4. The minimum atomic E-state index is -0.186. The van der Waals surface area contributed by atoms with Crippen molar-refractivity contribution in [3.05, 3.63) is 0 Å². The van der Waals surface area contributed by atoms with E-state index in [4.69, 9.17) is 9.47 Å². The highest BCUT2D eigenvalue weighted by molar-refractivity contribution is 14.0. The van der Waals surface area contributed by atoms with E-state index in [2.05, 4.69) is 29.5 Å². The smallest absolute Gasteiger partial charge is 0.191 e. The minimum absolute atomic E-state index is 0. The molecule has 1 aliphatic rings. The van der Waals surface area contributed by atoms with Crippen molar-refractivity contribution in [2.75, 3.05) is 33.9 Å². The SMILES string of the molecule is CN=C(NCCCCCOC1CCCCC1)NCC(C)(C)OC.I. The minimum Gasteiger partial charge on any atom is -0.378 e. The van der Waals surface area contributed by atoms with Crippen LogP contribution in [0.3, 0.4) is 0 Å². The fraction of sp³-hybridized carbons (Fsp3) is 0.944. The van der Waals surface area contributed by atoms with E-state index < -0.39 is 0 Å². The van der Waals surface area contributed by atoms with E-state index in [0.29, 0.717) is 6.10 Å².